The molecule has 0 bridgehead atoms. The van der Waals surface area contributed by atoms with Crippen molar-refractivity contribution in [2.75, 3.05) is 14.2 Å². The van der Waals surface area contributed by atoms with Crippen LogP contribution in [0.3, 0.4) is 0 Å². The summed E-state index contributed by atoms with van der Waals surface area (Å²) < 4.78 is 10.5. The number of phenolic OH excluding ortho intramolecular Hbond substituents is 1. The fourth-order valence-corrected chi connectivity index (χ4v) is 2.57. The van der Waals surface area contributed by atoms with Crippen LogP contribution < -0.4 is 9.47 Å². The first kappa shape index (κ1) is 17.6. The fraction of sp³-hybridized carbons (Fsp3) is 0.250. The van der Waals surface area contributed by atoms with Gasteiger partial charge in [-0.05, 0) is 61.2 Å². The zero-order valence-electron chi connectivity index (χ0n) is 14.6. The molecule has 0 heterocycles. The molecule has 126 valence electrons. The third kappa shape index (κ3) is 3.27. The maximum atomic E-state index is 12.6. The van der Waals surface area contributed by atoms with Gasteiger partial charge in [0.2, 0.25) is 0 Å². The van der Waals surface area contributed by atoms with Crippen LogP contribution in [-0.2, 0) is 0 Å². The standard InChI is InChI=1S/C20H22O4/c1-12-13(2)19(22)18(20(24-5)14(12)3)17(21)11-8-15-6-9-16(23-4)10-7-15/h6-11,22H,1-5H3/b11-8+. The molecule has 0 spiro atoms. The van der Waals surface area contributed by atoms with Crippen molar-refractivity contribution in [2.24, 2.45) is 0 Å². The lowest BCUT2D eigenvalue weighted by Gasteiger charge is -2.16. The number of ketones is 1. The van der Waals surface area contributed by atoms with Crippen LogP contribution in [0.4, 0.5) is 0 Å². The quantitative estimate of drug-likeness (QED) is 0.660. The Labute approximate surface area is 142 Å². The van der Waals surface area contributed by atoms with E-state index in [0.717, 1.165) is 22.4 Å². The third-order valence-electron chi connectivity index (χ3n) is 4.28. The van der Waals surface area contributed by atoms with E-state index in [2.05, 4.69) is 0 Å². The molecule has 0 aliphatic heterocycles. The average molecular weight is 326 g/mol. The predicted molar refractivity (Wildman–Crippen MR) is 95.2 cm³/mol. The molecule has 0 aliphatic carbocycles. The van der Waals surface area contributed by atoms with Crippen molar-refractivity contribution >= 4 is 11.9 Å². The van der Waals surface area contributed by atoms with Crippen LogP contribution in [0.1, 0.15) is 32.6 Å². The van der Waals surface area contributed by atoms with Gasteiger partial charge in [-0.2, -0.15) is 0 Å². The number of allylic oxidation sites excluding steroid dienone is 1. The number of aromatic hydroxyl groups is 1. The Morgan fingerprint density at radius 1 is 0.958 bits per heavy atom. The maximum Gasteiger partial charge on any atom is 0.193 e. The Bertz CT molecular complexity index is 787. The average Bonchev–Trinajstić information content (AvgIpc) is 2.61. The summed E-state index contributed by atoms with van der Waals surface area (Å²) in [5.41, 5.74) is 3.52. The van der Waals surface area contributed by atoms with E-state index in [1.807, 2.05) is 38.1 Å². The summed E-state index contributed by atoms with van der Waals surface area (Å²) in [6, 6.07) is 7.35. The number of phenols is 1. The third-order valence-corrected chi connectivity index (χ3v) is 4.28. The molecule has 0 amide bonds. The first-order valence-electron chi connectivity index (χ1n) is 7.63. The first-order chi connectivity index (χ1) is 11.4. The highest BCUT2D eigenvalue weighted by Crippen LogP contribution is 2.37. The second-order valence-corrected chi connectivity index (χ2v) is 5.60. The molecule has 0 aromatic heterocycles. The van der Waals surface area contributed by atoms with E-state index in [9.17, 15) is 9.90 Å². The number of methoxy groups -OCH3 is 2. The zero-order chi connectivity index (χ0) is 17.9. The van der Waals surface area contributed by atoms with Gasteiger partial charge in [0, 0.05) is 0 Å². The number of hydrogen-bond acceptors (Lipinski definition) is 4. The van der Waals surface area contributed by atoms with E-state index >= 15 is 0 Å². The van der Waals surface area contributed by atoms with E-state index in [1.165, 1.54) is 13.2 Å². The SMILES string of the molecule is COc1ccc(/C=C/C(=O)c2c(O)c(C)c(C)c(C)c2OC)cc1. The summed E-state index contributed by atoms with van der Waals surface area (Å²) in [5, 5.41) is 10.4. The smallest absolute Gasteiger partial charge is 0.193 e. The van der Waals surface area contributed by atoms with Gasteiger partial charge in [-0.25, -0.2) is 0 Å². The van der Waals surface area contributed by atoms with Crippen molar-refractivity contribution in [2.45, 2.75) is 20.8 Å². The Kier molecular flexibility index (Phi) is 5.29. The normalized spacial score (nSPS) is 10.9. The van der Waals surface area contributed by atoms with Crippen molar-refractivity contribution in [1.29, 1.82) is 0 Å². The van der Waals surface area contributed by atoms with Crippen molar-refractivity contribution in [1.82, 2.24) is 0 Å². The molecule has 1 N–H and O–H groups in total. The van der Waals surface area contributed by atoms with Gasteiger partial charge in [0.05, 0.1) is 14.2 Å². The van der Waals surface area contributed by atoms with Gasteiger partial charge in [-0.15, -0.1) is 0 Å². The van der Waals surface area contributed by atoms with Gasteiger partial charge in [0.25, 0.3) is 0 Å². The van der Waals surface area contributed by atoms with E-state index in [4.69, 9.17) is 9.47 Å². The molecule has 0 unspecified atom stereocenters. The summed E-state index contributed by atoms with van der Waals surface area (Å²) in [5.74, 6) is 0.841. The van der Waals surface area contributed by atoms with Crippen molar-refractivity contribution < 1.29 is 19.4 Å². The number of carbonyl (C=O) groups excluding carboxylic acids is 1. The molecule has 0 aliphatic rings. The first-order valence-corrected chi connectivity index (χ1v) is 7.63. The molecule has 24 heavy (non-hydrogen) atoms. The molecule has 2 rings (SSSR count). The number of hydrogen-bond donors (Lipinski definition) is 1. The van der Waals surface area contributed by atoms with Crippen molar-refractivity contribution in [3.8, 4) is 17.2 Å². The molecule has 0 atom stereocenters. The monoisotopic (exact) mass is 326 g/mol. The lowest BCUT2D eigenvalue weighted by atomic mass is 9.95. The second-order valence-electron chi connectivity index (χ2n) is 5.60. The molecule has 0 saturated carbocycles. The van der Waals surface area contributed by atoms with Gasteiger partial charge >= 0.3 is 0 Å². The van der Waals surface area contributed by atoms with E-state index in [-0.39, 0.29) is 17.1 Å². The number of rotatable bonds is 5. The highest BCUT2D eigenvalue weighted by atomic mass is 16.5. The minimum atomic E-state index is -0.300. The maximum absolute atomic E-state index is 12.6. The lowest BCUT2D eigenvalue weighted by Crippen LogP contribution is -2.05. The summed E-state index contributed by atoms with van der Waals surface area (Å²) in [6.45, 7) is 5.57. The number of benzene rings is 2. The molecule has 4 nitrogen and oxygen atoms in total. The van der Waals surface area contributed by atoms with E-state index in [0.29, 0.717) is 11.3 Å². The molecule has 2 aromatic rings. The lowest BCUT2D eigenvalue weighted by molar-refractivity contribution is 0.104. The molecule has 0 fully saturated rings. The molecule has 2 aromatic carbocycles. The van der Waals surface area contributed by atoms with Crippen LogP contribution >= 0.6 is 0 Å². The van der Waals surface area contributed by atoms with E-state index in [1.54, 1.807) is 20.1 Å². The van der Waals surface area contributed by atoms with Crippen LogP contribution in [-0.4, -0.2) is 25.1 Å². The highest BCUT2D eigenvalue weighted by Gasteiger charge is 2.22. The van der Waals surface area contributed by atoms with Crippen LogP contribution in [0.2, 0.25) is 0 Å². The minimum absolute atomic E-state index is 0.0284. The molecular weight excluding hydrogens is 304 g/mol. The highest BCUT2D eigenvalue weighted by molar-refractivity contribution is 6.11. The second kappa shape index (κ2) is 7.21. The van der Waals surface area contributed by atoms with Gasteiger partial charge in [0.1, 0.15) is 22.8 Å². The van der Waals surface area contributed by atoms with Gasteiger partial charge in [-0.1, -0.05) is 18.2 Å². The molecule has 0 saturated heterocycles. The predicted octanol–water partition coefficient (Wildman–Crippen LogP) is 4.23. The molecular formula is C20H22O4. The molecule has 0 radical (unpaired) electrons. The van der Waals surface area contributed by atoms with Crippen LogP contribution in [0, 0.1) is 20.8 Å². The fourth-order valence-electron chi connectivity index (χ4n) is 2.57. The Morgan fingerprint density at radius 2 is 1.58 bits per heavy atom. The summed E-state index contributed by atoms with van der Waals surface area (Å²) in [6.07, 6.45) is 3.14. The van der Waals surface area contributed by atoms with Crippen molar-refractivity contribution in [3.05, 3.63) is 58.2 Å². The van der Waals surface area contributed by atoms with Crippen LogP contribution in [0.15, 0.2) is 30.3 Å². The van der Waals surface area contributed by atoms with Crippen LogP contribution in [0.25, 0.3) is 6.08 Å². The summed E-state index contributed by atoms with van der Waals surface area (Å²) in [7, 11) is 3.10. The largest absolute Gasteiger partial charge is 0.507 e. The summed E-state index contributed by atoms with van der Waals surface area (Å²) >= 11 is 0. The molecule has 4 heteroatoms. The summed E-state index contributed by atoms with van der Waals surface area (Å²) in [4.78, 5) is 12.6. The van der Waals surface area contributed by atoms with Crippen LogP contribution in [0.5, 0.6) is 17.2 Å². The Balaban J connectivity index is 2.40. The Hall–Kier alpha value is -2.75. The minimum Gasteiger partial charge on any atom is -0.507 e. The topological polar surface area (TPSA) is 55.8 Å². The van der Waals surface area contributed by atoms with Gasteiger partial charge < -0.3 is 14.6 Å². The Morgan fingerprint density at radius 3 is 2.12 bits per heavy atom. The van der Waals surface area contributed by atoms with Gasteiger partial charge in [0.15, 0.2) is 5.78 Å². The number of ether oxygens (including phenoxy) is 2. The zero-order valence-corrected chi connectivity index (χ0v) is 14.6. The van der Waals surface area contributed by atoms with Gasteiger partial charge in [-0.3, -0.25) is 4.79 Å². The number of carbonyl (C=O) groups is 1. The van der Waals surface area contributed by atoms with Crippen molar-refractivity contribution in [3.63, 3.8) is 0 Å². The van der Waals surface area contributed by atoms with E-state index < -0.39 is 0 Å².